The molecule has 0 saturated carbocycles. The highest BCUT2D eigenvalue weighted by Crippen LogP contribution is 2.08. The Kier molecular flexibility index (Phi) is 4.74. The van der Waals surface area contributed by atoms with E-state index in [1.54, 1.807) is 0 Å². The molecule has 0 radical (unpaired) electrons. The standard InChI is InChI=1S/C17H18O/c1-15(12-16-8-4-2-5-9-16)13-18-14-17-10-6-3-7-11-17/h2-11H,1,12-14H2. The fourth-order valence-corrected chi connectivity index (χ4v) is 1.82. The minimum Gasteiger partial charge on any atom is -0.372 e. The Morgan fingerprint density at radius 1 is 0.833 bits per heavy atom. The highest BCUT2D eigenvalue weighted by molar-refractivity contribution is 5.20. The molecular weight excluding hydrogens is 220 g/mol. The summed E-state index contributed by atoms with van der Waals surface area (Å²) < 4.78 is 5.65. The van der Waals surface area contributed by atoms with Crippen molar-refractivity contribution < 1.29 is 4.74 Å². The highest BCUT2D eigenvalue weighted by Gasteiger charge is 1.98. The molecule has 0 atom stereocenters. The minimum absolute atomic E-state index is 0.615. The van der Waals surface area contributed by atoms with Crippen LogP contribution >= 0.6 is 0 Å². The maximum absolute atomic E-state index is 5.65. The first-order valence-corrected chi connectivity index (χ1v) is 6.17. The monoisotopic (exact) mass is 238 g/mol. The molecular formula is C17H18O. The summed E-state index contributed by atoms with van der Waals surface area (Å²) in [4.78, 5) is 0. The van der Waals surface area contributed by atoms with Crippen LogP contribution in [0.1, 0.15) is 11.1 Å². The molecule has 0 fully saturated rings. The zero-order chi connectivity index (χ0) is 12.6. The van der Waals surface area contributed by atoms with E-state index < -0.39 is 0 Å². The molecule has 0 saturated heterocycles. The normalized spacial score (nSPS) is 10.2. The van der Waals surface area contributed by atoms with Gasteiger partial charge in [-0.25, -0.2) is 0 Å². The predicted molar refractivity (Wildman–Crippen MR) is 75.4 cm³/mol. The Morgan fingerprint density at radius 2 is 1.39 bits per heavy atom. The second-order valence-corrected chi connectivity index (χ2v) is 4.39. The van der Waals surface area contributed by atoms with Gasteiger partial charge in [-0.15, -0.1) is 0 Å². The molecule has 0 spiro atoms. The van der Waals surface area contributed by atoms with Crippen molar-refractivity contribution in [1.82, 2.24) is 0 Å². The lowest BCUT2D eigenvalue weighted by molar-refractivity contribution is 0.141. The molecule has 0 N–H and O–H groups in total. The van der Waals surface area contributed by atoms with Crippen LogP contribution in [0.25, 0.3) is 0 Å². The van der Waals surface area contributed by atoms with E-state index in [2.05, 4.69) is 30.8 Å². The first-order valence-electron chi connectivity index (χ1n) is 6.17. The van der Waals surface area contributed by atoms with E-state index in [1.807, 2.05) is 36.4 Å². The van der Waals surface area contributed by atoms with Crippen LogP contribution in [-0.2, 0) is 17.8 Å². The van der Waals surface area contributed by atoms with Crippen molar-refractivity contribution >= 4 is 0 Å². The summed E-state index contributed by atoms with van der Waals surface area (Å²) in [6.45, 7) is 5.32. The van der Waals surface area contributed by atoms with Crippen molar-refractivity contribution in [1.29, 1.82) is 0 Å². The molecule has 0 amide bonds. The van der Waals surface area contributed by atoms with Gasteiger partial charge >= 0.3 is 0 Å². The Balaban J connectivity index is 1.73. The maximum atomic E-state index is 5.65. The summed E-state index contributed by atoms with van der Waals surface area (Å²) in [5, 5.41) is 0. The molecule has 0 bridgehead atoms. The van der Waals surface area contributed by atoms with E-state index in [0.29, 0.717) is 13.2 Å². The second kappa shape index (κ2) is 6.77. The number of hydrogen-bond donors (Lipinski definition) is 0. The van der Waals surface area contributed by atoms with E-state index in [0.717, 1.165) is 12.0 Å². The van der Waals surface area contributed by atoms with Crippen molar-refractivity contribution in [3.05, 3.63) is 83.9 Å². The molecule has 0 heterocycles. The van der Waals surface area contributed by atoms with Crippen LogP contribution in [0.3, 0.4) is 0 Å². The lowest BCUT2D eigenvalue weighted by atomic mass is 10.1. The fourth-order valence-electron chi connectivity index (χ4n) is 1.82. The van der Waals surface area contributed by atoms with E-state index >= 15 is 0 Å². The summed E-state index contributed by atoms with van der Waals surface area (Å²) in [5.74, 6) is 0. The first-order chi connectivity index (χ1) is 8.84. The third-order valence-corrected chi connectivity index (χ3v) is 2.71. The van der Waals surface area contributed by atoms with Gasteiger partial charge in [-0.1, -0.05) is 67.2 Å². The van der Waals surface area contributed by atoms with Gasteiger partial charge in [-0.3, -0.25) is 0 Å². The smallest absolute Gasteiger partial charge is 0.0721 e. The molecule has 0 unspecified atom stereocenters. The van der Waals surface area contributed by atoms with Gasteiger partial charge in [-0.05, 0) is 23.1 Å². The molecule has 2 aromatic carbocycles. The van der Waals surface area contributed by atoms with Gasteiger partial charge in [0, 0.05) is 0 Å². The van der Waals surface area contributed by atoms with Crippen LogP contribution in [-0.4, -0.2) is 6.61 Å². The van der Waals surface area contributed by atoms with Crippen LogP contribution in [0.5, 0.6) is 0 Å². The second-order valence-electron chi connectivity index (χ2n) is 4.39. The molecule has 2 aromatic rings. The van der Waals surface area contributed by atoms with Gasteiger partial charge < -0.3 is 4.74 Å². The van der Waals surface area contributed by atoms with Crippen molar-refractivity contribution in [2.24, 2.45) is 0 Å². The Bertz CT molecular complexity index is 473. The van der Waals surface area contributed by atoms with Crippen molar-refractivity contribution in [3.63, 3.8) is 0 Å². The van der Waals surface area contributed by atoms with Gasteiger partial charge in [0.15, 0.2) is 0 Å². The lowest BCUT2D eigenvalue weighted by Crippen LogP contribution is -2.00. The fraction of sp³-hybridized carbons (Fsp3) is 0.176. The summed E-state index contributed by atoms with van der Waals surface area (Å²) in [5.41, 5.74) is 3.59. The average molecular weight is 238 g/mol. The van der Waals surface area contributed by atoms with Gasteiger partial charge in [0.05, 0.1) is 13.2 Å². The summed E-state index contributed by atoms with van der Waals surface area (Å²) in [7, 11) is 0. The quantitative estimate of drug-likeness (QED) is 0.691. The molecule has 92 valence electrons. The Hall–Kier alpha value is -1.86. The molecule has 1 heteroatoms. The molecule has 0 aromatic heterocycles. The van der Waals surface area contributed by atoms with Gasteiger partial charge in [-0.2, -0.15) is 0 Å². The number of hydrogen-bond acceptors (Lipinski definition) is 1. The van der Waals surface area contributed by atoms with Crippen LogP contribution in [0.15, 0.2) is 72.8 Å². The molecule has 0 aliphatic carbocycles. The topological polar surface area (TPSA) is 9.23 Å². The third-order valence-electron chi connectivity index (χ3n) is 2.71. The van der Waals surface area contributed by atoms with Crippen molar-refractivity contribution in [3.8, 4) is 0 Å². The Morgan fingerprint density at radius 3 is 2.00 bits per heavy atom. The van der Waals surface area contributed by atoms with E-state index in [4.69, 9.17) is 4.74 Å². The van der Waals surface area contributed by atoms with Gasteiger partial charge in [0.2, 0.25) is 0 Å². The number of benzene rings is 2. The van der Waals surface area contributed by atoms with Crippen molar-refractivity contribution in [2.75, 3.05) is 6.61 Å². The predicted octanol–water partition coefficient (Wildman–Crippen LogP) is 4.00. The minimum atomic E-state index is 0.615. The third kappa shape index (κ3) is 4.19. The zero-order valence-electron chi connectivity index (χ0n) is 10.5. The highest BCUT2D eigenvalue weighted by atomic mass is 16.5. The molecule has 1 nitrogen and oxygen atoms in total. The SMILES string of the molecule is C=C(COCc1ccccc1)Cc1ccccc1. The van der Waals surface area contributed by atoms with E-state index in [9.17, 15) is 0 Å². The van der Waals surface area contributed by atoms with E-state index in [-0.39, 0.29) is 0 Å². The maximum Gasteiger partial charge on any atom is 0.0721 e. The first kappa shape index (κ1) is 12.6. The van der Waals surface area contributed by atoms with Crippen LogP contribution < -0.4 is 0 Å². The average Bonchev–Trinajstić information content (AvgIpc) is 2.41. The molecule has 0 aliphatic rings. The lowest BCUT2D eigenvalue weighted by Gasteiger charge is -2.07. The zero-order valence-corrected chi connectivity index (χ0v) is 10.5. The van der Waals surface area contributed by atoms with Gasteiger partial charge in [0.25, 0.3) is 0 Å². The summed E-state index contributed by atoms with van der Waals surface area (Å²) in [6, 6.07) is 20.6. The van der Waals surface area contributed by atoms with Gasteiger partial charge in [0.1, 0.15) is 0 Å². The molecule has 0 aliphatic heterocycles. The van der Waals surface area contributed by atoms with Crippen molar-refractivity contribution in [2.45, 2.75) is 13.0 Å². The summed E-state index contributed by atoms with van der Waals surface area (Å²) in [6.07, 6.45) is 0.885. The Labute approximate surface area is 109 Å². The largest absolute Gasteiger partial charge is 0.372 e. The molecule has 18 heavy (non-hydrogen) atoms. The molecule has 2 rings (SSSR count). The summed E-state index contributed by atoms with van der Waals surface area (Å²) >= 11 is 0. The van der Waals surface area contributed by atoms with Crippen LogP contribution in [0.4, 0.5) is 0 Å². The number of rotatable bonds is 6. The van der Waals surface area contributed by atoms with Crippen LogP contribution in [0, 0.1) is 0 Å². The number of ether oxygens (including phenoxy) is 1. The van der Waals surface area contributed by atoms with Crippen LogP contribution in [0.2, 0.25) is 0 Å². The van der Waals surface area contributed by atoms with E-state index in [1.165, 1.54) is 11.1 Å².